The Hall–Kier alpha value is -2.91. The van der Waals surface area contributed by atoms with Crippen molar-refractivity contribution >= 4 is 33.2 Å². The number of amides is 1. The summed E-state index contributed by atoms with van der Waals surface area (Å²) in [6.07, 6.45) is 4.10. The number of rotatable bonds is 5. The number of likely N-dealkylation sites (tertiary alicyclic amines) is 1. The number of carbonyl (C=O) groups is 1. The number of sulfonamides is 1. The van der Waals surface area contributed by atoms with Crippen molar-refractivity contribution in [2.75, 3.05) is 17.8 Å². The number of halogens is 1. The lowest BCUT2D eigenvalue weighted by atomic mass is 10.1. The summed E-state index contributed by atoms with van der Waals surface area (Å²) in [5, 5.41) is 4.39. The molecule has 1 amide bonds. The maximum Gasteiger partial charge on any atom is 0.316 e. The molecule has 3 aromatic rings. The molecule has 33 heavy (non-hydrogen) atoms. The van der Waals surface area contributed by atoms with Crippen LogP contribution in [0.5, 0.6) is 0 Å². The van der Waals surface area contributed by atoms with E-state index in [1.807, 2.05) is 0 Å². The van der Waals surface area contributed by atoms with Gasteiger partial charge in [0.25, 0.3) is 10.0 Å². The molecule has 0 saturated carbocycles. The number of nitrogens with zero attached hydrogens (tertiary/aromatic N) is 3. The Morgan fingerprint density at radius 2 is 1.82 bits per heavy atom. The lowest BCUT2D eigenvalue weighted by Gasteiger charge is -2.17. The van der Waals surface area contributed by atoms with Crippen molar-refractivity contribution in [3.05, 3.63) is 58.4 Å². The van der Waals surface area contributed by atoms with Gasteiger partial charge in [0, 0.05) is 23.7 Å². The highest BCUT2D eigenvalue weighted by Crippen LogP contribution is 2.28. The van der Waals surface area contributed by atoms with Gasteiger partial charge in [0.2, 0.25) is 5.82 Å². The lowest BCUT2D eigenvalue weighted by Crippen LogP contribution is -2.32. The highest BCUT2D eigenvalue weighted by atomic mass is 35.5. The van der Waals surface area contributed by atoms with E-state index in [0.717, 1.165) is 25.7 Å². The van der Waals surface area contributed by atoms with Crippen LogP contribution in [0.15, 0.2) is 45.8 Å². The second-order valence-corrected chi connectivity index (χ2v) is 10.2. The second-order valence-electron chi connectivity index (χ2n) is 8.13. The zero-order valence-corrected chi connectivity index (χ0v) is 20.0. The molecule has 0 radical (unpaired) electrons. The van der Waals surface area contributed by atoms with E-state index >= 15 is 0 Å². The minimum absolute atomic E-state index is 0.0737. The Morgan fingerprint density at radius 3 is 2.55 bits per heavy atom. The summed E-state index contributed by atoms with van der Waals surface area (Å²) < 4.78 is 34.1. The summed E-state index contributed by atoms with van der Waals surface area (Å²) >= 11 is 6.13. The summed E-state index contributed by atoms with van der Waals surface area (Å²) in [5.41, 5.74) is 2.02. The van der Waals surface area contributed by atoms with Gasteiger partial charge in [-0.15, -0.1) is 0 Å². The molecule has 2 heterocycles. The van der Waals surface area contributed by atoms with Crippen molar-refractivity contribution in [1.82, 2.24) is 15.0 Å². The van der Waals surface area contributed by atoms with Crippen LogP contribution in [0.25, 0.3) is 11.4 Å². The van der Waals surface area contributed by atoms with Gasteiger partial charge in [-0.3, -0.25) is 9.52 Å². The van der Waals surface area contributed by atoms with Crippen LogP contribution in [0.2, 0.25) is 5.02 Å². The van der Waals surface area contributed by atoms with Gasteiger partial charge in [0.15, 0.2) is 0 Å². The smallest absolute Gasteiger partial charge is 0.316 e. The van der Waals surface area contributed by atoms with Crippen molar-refractivity contribution in [3.63, 3.8) is 0 Å². The van der Waals surface area contributed by atoms with Crippen molar-refractivity contribution in [3.8, 4) is 11.4 Å². The molecule has 0 bridgehead atoms. The SMILES string of the molecule is Cc1ccc(-c2noc(C(=O)N3CCCCCC3)n2)cc1S(=O)(=O)Nc1cccc(Cl)c1C. The number of hydrogen-bond acceptors (Lipinski definition) is 6. The molecule has 2 aromatic carbocycles. The Kier molecular flexibility index (Phi) is 6.71. The van der Waals surface area contributed by atoms with Crippen molar-refractivity contribution in [2.45, 2.75) is 44.4 Å². The minimum Gasteiger partial charge on any atom is -0.334 e. The molecular weight excluding hydrogens is 464 g/mol. The molecule has 1 aliphatic heterocycles. The number of aromatic nitrogens is 2. The topological polar surface area (TPSA) is 105 Å². The van der Waals surface area contributed by atoms with E-state index < -0.39 is 10.0 Å². The number of anilines is 1. The molecule has 1 fully saturated rings. The monoisotopic (exact) mass is 488 g/mol. The Morgan fingerprint density at radius 1 is 1.09 bits per heavy atom. The van der Waals surface area contributed by atoms with Crippen molar-refractivity contribution < 1.29 is 17.7 Å². The molecule has 0 unspecified atom stereocenters. The fourth-order valence-electron chi connectivity index (χ4n) is 3.78. The van der Waals surface area contributed by atoms with Crippen molar-refractivity contribution in [2.24, 2.45) is 0 Å². The Bertz CT molecular complexity index is 1280. The molecule has 1 aliphatic rings. The molecule has 8 nitrogen and oxygen atoms in total. The second kappa shape index (κ2) is 9.52. The van der Waals surface area contributed by atoms with E-state index in [9.17, 15) is 13.2 Å². The fourth-order valence-corrected chi connectivity index (χ4v) is 5.35. The zero-order valence-electron chi connectivity index (χ0n) is 18.5. The summed E-state index contributed by atoms with van der Waals surface area (Å²) in [6, 6.07) is 9.87. The number of benzene rings is 2. The van der Waals surface area contributed by atoms with Crippen molar-refractivity contribution in [1.29, 1.82) is 0 Å². The van der Waals surface area contributed by atoms with Crippen LogP contribution in [0.4, 0.5) is 5.69 Å². The predicted molar refractivity (Wildman–Crippen MR) is 126 cm³/mol. The quantitative estimate of drug-likeness (QED) is 0.551. The third kappa shape index (κ3) is 5.04. The highest BCUT2D eigenvalue weighted by molar-refractivity contribution is 7.92. The number of carbonyl (C=O) groups excluding carboxylic acids is 1. The summed E-state index contributed by atoms with van der Waals surface area (Å²) in [5.74, 6) is -0.234. The van der Waals surface area contributed by atoms with Gasteiger partial charge in [-0.05, 0) is 56.0 Å². The lowest BCUT2D eigenvalue weighted by molar-refractivity contribution is 0.0711. The number of nitrogens with one attached hydrogen (secondary N) is 1. The highest BCUT2D eigenvalue weighted by Gasteiger charge is 2.25. The van der Waals surface area contributed by atoms with Gasteiger partial charge >= 0.3 is 11.8 Å². The number of aryl methyl sites for hydroxylation is 1. The van der Waals surface area contributed by atoms with Gasteiger partial charge in [0.1, 0.15) is 0 Å². The Labute approximate surface area is 198 Å². The van der Waals surface area contributed by atoms with Crippen LogP contribution in [0.1, 0.15) is 47.5 Å². The first-order valence-corrected chi connectivity index (χ1v) is 12.6. The van der Waals surface area contributed by atoms with Crippen LogP contribution in [-0.2, 0) is 10.0 Å². The fraction of sp³-hybridized carbons (Fsp3) is 0.348. The third-order valence-electron chi connectivity index (χ3n) is 5.75. The zero-order chi connectivity index (χ0) is 23.6. The molecular formula is C23H25ClN4O4S. The molecule has 0 spiro atoms. The molecule has 1 aromatic heterocycles. The summed E-state index contributed by atoms with van der Waals surface area (Å²) in [6.45, 7) is 4.77. The van der Waals surface area contributed by atoms with E-state index in [0.29, 0.717) is 40.5 Å². The average molecular weight is 489 g/mol. The van der Waals surface area contributed by atoms with Gasteiger partial charge in [-0.25, -0.2) is 8.42 Å². The van der Waals surface area contributed by atoms with Crippen LogP contribution in [0.3, 0.4) is 0 Å². The molecule has 1 N–H and O–H groups in total. The normalized spacial score (nSPS) is 14.7. The number of hydrogen-bond donors (Lipinski definition) is 1. The van der Waals surface area contributed by atoms with Gasteiger partial charge in [-0.2, -0.15) is 4.98 Å². The third-order valence-corrected chi connectivity index (χ3v) is 7.67. The average Bonchev–Trinajstić information content (AvgIpc) is 3.12. The maximum absolute atomic E-state index is 13.1. The van der Waals surface area contributed by atoms with Crippen LogP contribution >= 0.6 is 11.6 Å². The largest absolute Gasteiger partial charge is 0.334 e. The first-order chi connectivity index (χ1) is 15.8. The predicted octanol–water partition coefficient (Wildman–Crippen LogP) is 4.82. The van der Waals surface area contributed by atoms with E-state index in [2.05, 4.69) is 14.9 Å². The van der Waals surface area contributed by atoms with Crippen LogP contribution in [-0.4, -0.2) is 42.5 Å². The minimum atomic E-state index is -3.91. The van der Waals surface area contributed by atoms with Gasteiger partial charge < -0.3 is 9.42 Å². The summed E-state index contributed by atoms with van der Waals surface area (Å²) in [7, 11) is -3.91. The summed E-state index contributed by atoms with van der Waals surface area (Å²) in [4.78, 5) is 18.8. The maximum atomic E-state index is 13.1. The first kappa shape index (κ1) is 23.3. The van der Waals surface area contributed by atoms with E-state index in [4.69, 9.17) is 16.1 Å². The molecule has 4 rings (SSSR count). The van der Waals surface area contributed by atoms with Crippen LogP contribution < -0.4 is 4.72 Å². The Balaban J connectivity index is 1.61. The molecule has 0 aliphatic carbocycles. The molecule has 174 valence electrons. The van der Waals surface area contributed by atoms with E-state index in [1.165, 1.54) is 6.07 Å². The molecule has 1 saturated heterocycles. The van der Waals surface area contributed by atoms with E-state index in [-0.39, 0.29) is 22.5 Å². The van der Waals surface area contributed by atoms with E-state index in [1.54, 1.807) is 49.1 Å². The van der Waals surface area contributed by atoms with Gasteiger partial charge in [0.05, 0.1) is 10.6 Å². The molecule has 0 atom stereocenters. The standard InChI is InChI=1S/C23H25ClN4O4S/c1-15-10-11-17(14-20(15)33(30,31)27-19-9-7-8-18(24)16(19)2)21-25-22(32-26-21)23(29)28-12-5-3-4-6-13-28/h7-11,14,27H,3-6,12-13H2,1-2H3. The first-order valence-electron chi connectivity index (χ1n) is 10.8. The van der Waals surface area contributed by atoms with Crippen LogP contribution in [0, 0.1) is 13.8 Å². The molecule has 10 heteroatoms. The van der Waals surface area contributed by atoms with Gasteiger partial charge in [-0.1, -0.05) is 47.8 Å².